The van der Waals surface area contributed by atoms with Crippen LogP contribution in [0.5, 0.6) is 11.5 Å². The second kappa shape index (κ2) is 9.59. The van der Waals surface area contributed by atoms with Gasteiger partial charge in [0.05, 0.1) is 14.2 Å². The highest BCUT2D eigenvalue weighted by Gasteiger charge is 2.46. The van der Waals surface area contributed by atoms with Crippen molar-refractivity contribution in [1.29, 1.82) is 0 Å². The van der Waals surface area contributed by atoms with E-state index in [0.29, 0.717) is 0 Å². The van der Waals surface area contributed by atoms with Gasteiger partial charge >= 0.3 is 0 Å². The molecule has 0 atom stereocenters. The predicted molar refractivity (Wildman–Crippen MR) is 138 cm³/mol. The zero-order valence-electron chi connectivity index (χ0n) is 19.2. The molecule has 162 valence electrons. The molecule has 2 nitrogen and oxygen atoms in total. The molecule has 0 saturated heterocycles. The summed E-state index contributed by atoms with van der Waals surface area (Å²) in [5.41, 5.74) is 3.48. The molecule has 0 spiro atoms. The molecular weight excluding hydrogens is 411 g/mol. The number of rotatable bonds is 7. The van der Waals surface area contributed by atoms with Gasteiger partial charge in [-0.1, -0.05) is 54.6 Å². The van der Waals surface area contributed by atoms with Crippen LogP contribution in [0.15, 0.2) is 97.1 Å². The summed E-state index contributed by atoms with van der Waals surface area (Å²) in [6, 6.07) is 35.0. The fraction of sp³-hybridized carbons (Fsp3) is 0.172. The Morgan fingerprint density at radius 1 is 0.625 bits per heavy atom. The van der Waals surface area contributed by atoms with Crippen molar-refractivity contribution < 1.29 is 9.47 Å². The van der Waals surface area contributed by atoms with Crippen LogP contribution in [-0.2, 0) is 6.16 Å². The number of hydrogen-bond donors (Lipinski definition) is 0. The van der Waals surface area contributed by atoms with Crippen LogP contribution >= 0.6 is 7.26 Å². The van der Waals surface area contributed by atoms with E-state index < -0.39 is 7.26 Å². The lowest BCUT2D eigenvalue weighted by Gasteiger charge is -2.29. The smallest absolute Gasteiger partial charge is 0.132 e. The Hall–Kier alpha value is -3.09. The average molecular weight is 442 g/mol. The molecule has 0 radical (unpaired) electrons. The molecule has 0 bridgehead atoms. The van der Waals surface area contributed by atoms with Gasteiger partial charge in [0.15, 0.2) is 0 Å². The summed E-state index contributed by atoms with van der Waals surface area (Å²) in [6.07, 6.45) is 0.880. The molecule has 4 aromatic rings. The third-order valence-corrected chi connectivity index (χ3v) is 10.5. The third kappa shape index (κ3) is 3.92. The Kier molecular flexibility index (Phi) is 6.63. The lowest BCUT2D eigenvalue weighted by molar-refractivity contribution is 0.386. The Morgan fingerprint density at radius 2 is 1.06 bits per heavy atom. The summed E-state index contributed by atoms with van der Waals surface area (Å²) in [7, 11) is 1.47. The first kappa shape index (κ1) is 22.1. The molecule has 0 N–H and O–H groups in total. The van der Waals surface area contributed by atoms with Crippen molar-refractivity contribution in [2.45, 2.75) is 20.0 Å². The van der Waals surface area contributed by atoms with E-state index in [0.717, 1.165) is 23.2 Å². The first-order chi connectivity index (χ1) is 15.6. The van der Waals surface area contributed by atoms with Crippen LogP contribution in [0.25, 0.3) is 0 Å². The lowest BCUT2D eigenvalue weighted by atomic mass is 10.0. The molecule has 3 heteroatoms. The zero-order valence-corrected chi connectivity index (χ0v) is 20.1. The molecule has 0 fully saturated rings. The monoisotopic (exact) mass is 441 g/mol. The number of aryl methyl sites for hydroxylation is 1. The molecule has 32 heavy (non-hydrogen) atoms. The zero-order chi connectivity index (χ0) is 22.6. The third-order valence-electron chi connectivity index (χ3n) is 6.22. The van der Waals surface area contributed by atoms with E-state index in [2.05, 4.69) is 111 Å². The van der Waals surface area contributed by atoms with E-state index in [1.165, 1.54) is 27.0 Å². The fourth-order valence-corrected chi connectivity index (χ4v) is 8.95. The van der Waals surface area contributed by atoms with E-state index in [4.69, 9.17) is 9.47 Å². The number of benzene rings is 4. The van der Waals surface area contributed by atoms with Crippen LogP contribution < -0.4 is 25.4 Å². The summed E-state index contributed by atoms with van der Waals surface area (Å²) < 4.78 is 11.6. The van der Waals surface area contributed by atoms with Crippen molar-refractivity contribution in [1.82, 2.24) is 0 Å². The van der Waals surface area contributed by atoms with Crippen molar-refractivity contribution in [3.63, 3.8) is 0 Å². The minimum absolute atomic E-state index is 0.867. The average Bonchev–Trinajstić information content (AvgIpc) is 2.86. The molecule has 0 aromatic heterocycles. The van der Waals surface area contributed by atoms with Gasteiger partial charge in [-0.2, -0.15) is 0 Å². The number of hydrogen-bond acceptors (Lipinski definition) is 2. The Balaban J connectivity index is 2.05. The number of methoxy groups -OCH3 is 2. The molecule has 0 aliphatic carbocycles. The molecule has 0 unspecified atom stereocenters. The van der Waals surface area contributed by atoms with Crippen LogP contribution in [0, 0.1) is 13.8 Å². The fourth-order valence-electron chi connectivity index (χ4n) is 4.60. The van der Waals surface area contributed by atoms with Crippen molar-refractivity contribution in [2.24, 2.45) is 0 Å². The molecule has 4 rings (SSSR count). The molecule has 0 aliphatic heterocycles. The molecule has 4 aromatic carbocycles. The number of ether oxygens (including phenoxy) is 2. The Labute approximate surface area is 192 Å². The summed E-state index contributed by atoms with van der Waals surface area (Å²) in [5.74, 6) is 1.79. The molecule has 0 aliphatic rings. The van der Waals surface area contributed by atoms with Crippen LogP contribution in [0.4, 0.5) is 0 Å². The lowest BCUT2D eigenvalue weighted by Crippen LogP contribution is -2.32. The molecule has 0 heterocycles. The van der Waals surface area contributed by atoms with E-state index in [1.54, 1.807) is 14.2 Å². The van der Waals surface area contributed by atoms with Crippen LogP contribution in [-0.4, -0.2) is 14.2 Å². The van der Waals surface area contributed by atoms with Gasteiger partial charge in [-0.05, 0) is 61.9 Å². The van der Waals surface area contributed by atoms with Gasteiger partial charge in [0.1, 0.15) is 40.8 Å². The predicted octanol–water partition coefficient (Wildman–Crippen LogP) is 5.81. The van der Waals surface area contributed by atoms with Gasteiger partial charge in [0.25, 0.3) is 0 Å². The van der Waals surface area contributed by atoms with Crippen molar-refractivity contribution in [2.75, 3.05) is 14.2 Å². The highest BCUT2D eigenvalue weighted by atomic mass is 31.2. The summed E-state index contributed by atoms with van der Waals surface area (Å²) >= 11 is 0. The second-order valence-electron chi connectivity index (χ2n) is 8.01. The van der Waals surface area contributed by atoms with Crippen molar-refractivity contribution >= 4 is 23.2 Å². The minimum Gasteiger partial charge on any atom is -0.496 e. The van der Waals surface area contributed by atoms with Crippen LogP contribution in [0.1, 0.15) is 16.7 Å². The second-order valence-corrected chi connectivity index (χ2v) is 11.5. The van der Waals surface area contributed by atoms with Crippen molar-refractivity contribution in [3.8, 4) is 11.5 Å². The maximum Gasteiger partial charge on any atom is 0.132 e. The topological polar surface area (TPSA) is 18.5 Å². The maximum atomic E-state index is 5.99. The van der Waals surface area contributed by atoms with Crippen LogP contribution in [0.2, 0.25) is 0 Å². The standard InChI is InChI=1S/C29H30O2P/c1-22-20-28(30-3)23(2)29(31-4)27(22)21-32(24-14-8-5-9-15-24,25-16-10-6-11-17-25)26-18-12-7-13-19-26/h5-20H,21H2,1-4H3/q+1. The van der Waals surface area contributed by atoms with E-state index in [-0.39, 0.29) is 0 Å². The van der Waals surface area contributed by atoms with E-state index in [9.17, 15) is 0 Å². The first-order valence-electron chi connectivity index (χ1n) is 10.9. The van der Waals surface area contributed by atoms with Gasteiger partial charge in [0, 0.05) is 11.1 Å². The van der Waals surface area contributed by atoms with E-state index >= 15 is 0 Å². The molecule has 0 saturated carbocycles. The van der Waals surface area contributed by atoms with Crippen LogP contribution in [0.3, 0.4) is 0 Å². The summed E-state index contributed by atoms with van der Waals surface area (Å²) in [4.78, 5) is 0. The SMILES string of the molecule is COc1cc(C)c(C[P+](c2ccccc2)(c2ccccc2)c2ccccc2)c(OC)c1C. The molecule has 0 amide bonds. The largest absolute Gasteiger partial charge is 0.496 e. The highest BCUT2D eigenvalue weighted by molar-refractivity contribution is 7.95. The summed E-state index contributed by atoms with van der Waals surface area (Å²) in [5, 5.41) is 4.10. The minimum atomic E-state index is -2.01. The maximum absolute atomic E-state index is 5.99. The van der Waals surface area contributed by atoms with Gasteiger partial charge in [-0.15, -0.1) is 0 Å². The Bertz CT molecular complexity index is 1080. The van der Waals surface area contributed by atoms with Gasteiger partial charge in [-0.3, -0.25) is 0 Å². The Morgan fingerprint density at radius 3 is 1.44 bits per heavy atom. The van der Waals surface area contributed by atoms with Gasteiger partial charge in [-0.25, -0.2) is 0 Å². The molecular formula is C29H30O2P+. The van der Waals surface area contributed by atoms with E-state index in [1.807, 2.05) is 0 Å². The first-order valence-corrected chi connectivity index (χ1v) is 12.8. The summed E-state index contributed by atoms with van der Waals surface area (Å²) in [6.45, 7) is 4.24. The van der Waals surface area contributed by atoms with Gasteiger partial charge < -0.3 is 9.47 Å². The quantitative estimate of drug-likeness (QED) is 0.337. The normalized spacial score (nSPS) is 11.2. The van der Waals surface area contributed by atoms with Crippen molar-refractivity contribution in [3.05, 3.63) is 114 Å². The highest BCUT2D eigenvalue weighted by Crippen LogP contribution is 2.59. The van der Waals surface area contributed by atoms with Gasteiger partial charge in [0.2, 0.25) is 0 Å².